The number of benzene rings is 2. The number of nitriles is 1. The van der Waals surface area contributed by atoms with Crippen LogP contribution in [-0.2, 0) is 0 Å². The average Bonchev–Trinajstić information content (AvgIpc) is 3.13. The number of fused-ring (bicyclic) bond motifs is 1. The molecule has 27 heavy (non-hydrogen) atoms. The van der Waals surface area contributed by atoms with E-state index >= 15 is 0 Å². The molecule has 2 aromatic carbocycles. The number of allylic oxidation sites excluding steroid dienone is 1. The van der Waals surface area contributed by atoms with Crippen molar-refractivity contribution in [2.24, 2.45) is 0 Å². The maximum atomic E-state index is 12.7. The van der Waals surface area contributed by atoms with Crippen LogP contribution in [0.4, 0.5) is 0 Å². The Bertz CT molecular complexity index is 962. The van der Waals surface area contributed by atoms with Gasteiger partial charge in [-0.1, -0.05) is 11.6 Å². The molecule has 0 aromatic heterocycles. The van der Waals surface area contributed by atoms with Gasteiger partial charge in [-0.15, -0.1) is 0 Å². The summed E-state index contributed by atoms with van der Waals surface area (Å²) in [6, 6.07) is 10.00. The van der Waals surface area contributed by atoms with Crippen molar-refractivity contribution < 1.29 is 23.7 Å². The molecule has 1 heterocycles. The van der Waals surface area contributed by atoms with Crippen LogP contribution in [0.25, 0.3) is 6.08 Å². The molecular weight excluding hydrogens is 370 g/mol. The topological polar surface area (TPSA) is 77.8 Å². The lowest BCUT2D eigenvalue weighted by molar-refractivity contribution is 0.103. The first-order valence-corrected chi connectivity index (χ1v) is 8.51. The number of hydrogen-bond acceptors (Lipinski definition) is 6. The van der Waals surface area contributed by atoms with Crippen molar-refractivity contribution in [2.75, 3.05) is 20.5 Å². The van der Waals surface area contributed by atoms with Gasteiger partial charge in [-0.05, 0) is 48.9 Å². The first kappa shape index (κ1) is 18.6. The van der Waals surface area contributed by atoms with E-state index in [0.717, 1.165) is 0 Å². The molecule has 0 unspecified atom stereocenters. The Balaban J connectivity index is 1.96. The molecule has 0 saturated heterocycles. The second kappa shape index (κ2) is 8.02. The van der Waals surface area contributed by atoms with Gasteiger partial charge in [0.15, 0.2) is 23.0 Å². The Morgan fingerprint density at radius 1 is 1.30 bits per heavy atom. The Kier molecular flexibility index (Phi) is 5.53. The summed E-state index contributed by atoms with van der Waals surface area (Å²) in [6.07, 6.45) is 1.46. The number of Topliss-reactive ketones (excluding diaryl/α,β-unsaturated/α-hetero) is 1. The van der Waals surface area contributed by atoms with E-state index in [1.165, 1.54) is 13.2 Å². The van der Waals surface area contributed by atoms with Gasteiger partial charge >= 0.3 is 0 Å². The highest BCUT2D eigenvalue weighted by atomic mass is 35.5. The summed E-state index contributed by atoms with van der Waals surface area (Å²) in [6.45, 7) is 2.36. The second-order valence-corrected chi connectivity index (χ2v) is 5.94. The van der Waals surface area contributed by atoms with Crippen LogP contribution in [-0.4, -0.2) is 26.3 Å². The molecule has 0 amide bonds. The first-order chi connectivity index (χ1) is 13.1. The Morgan fingerprint density at radius 3 is 2.78 bits per heavy atom. The summed E-state index contributed by atoms with van der Waals surface area (Å²) in [5.41, 5.74) is 0.837. The quantitative estimate of drug-likeness (QED) is 0.420. The number of ketones is 1. The molecule has 0 bridgehead atoms. The van der Waals surface area contributed by atoms with Gasteiger partial charge in [0.25, 0.3) is 0 Å². The van der Waals surface area contributed by atoms with Crippen molar-refractivity contribution in [3.05, 3.63) is 52.1 Å². The largest absolute Gasteiger partial charge is 0.491 e. The fourth-order valence-electron chi connectivity index (χ4n) is 2.64. The third-order valence-electron chi connectivity index (χ3n) is 3.85. The van der Waals surface area contributed by atoms with Crippen LogP contribution in [0, 0.1) is 11.3 Å². The highest BCUT2D eigenvalue weighted by molar-refractivity contribution is 6.32. The summed E-state index contributed by atoms with van der Waals surface area (Å²) in [4.78, 5) is 12.7. The molecule has 6 nitrogen and oxygen atoms in total. The van der Waals surface area contributed by atoms with E-state index in [2.05, 4.69) is 0 Å². The summed E-state index contributed by atoms with van der Waals surface area (Å²) in [7, 11) is 1.49. The van der Waals surface area contributed by atoms with Crippen molar-refractivity contribution in [2.45, 2.75) is 6.92 Å². The summed E-state index contributed by atoms with van der Waals surface area (Å²) < 4.78 is 21.3. The van der Waals surface area contributed by atoms with Crippen molar-refractivity contribution >= 4 is 23.5 Å². The number of carbonyl (C=O) groups is 1. The normalized spacial score (nSPS) is 12.4. The van der Waals surface area contributed by atoms with Gasteiger partial charge < -0.3 is 18.9 Å². The predicted octanol–water partition coefficient (Wildman–Crippen LogP) is 4.27. The third kappa shape index (κ3) is 3.83. The summed E-state index contributed by atoms with van der Waals surface area (Å²) in [5, 5.41) is 9.79. The lowest BCUT2D eigenvalue weighted by atomic mass is 10.0. The van der Waals surface area contributed by atoms with E-state index in [0.29, 0.717) is 45.8 Å². The number of halogens is 1. The number of carbonyl (C=O) groups excluding carboxylic acids is 1. The van der Waals surface area contributed by atoms with Crippen LogP contribution in [0.2, 0.25) is 5.02 Å². The monoisotopic (exact) mass is 385 g/mol. The van der Waals surface area contributed by atoms with E-state index in [9.17, 15) is 10.1 Å². The molecule has 0 fully saturated rings. The zero-order valence-electron chi connectivity index (χ0n) is 14.7. The molecule has 0 saturated carbocycles. The number of nitrogens with zero attached hydrogens (tertiary/aromatic N) is 1. The number of hydrogen-bond donors (Lipinski definition) is 0. The number of methoxy groups -OCH3 is 1. The highest BCUT2D eigenvalue weighted by Gasteiger charge is 2.19. The number of ether oxygens (including phenoxy) is 4. The lowest BCUT2D eigenvalue weighted by Gasteiger charge is -2.12. The minimum absolute atomic E-state index is 0.0439. The summed E-state index contributed by atoms with van der Waals surface area (Å²) in [5.74, 6) is 1.45. The first-order valence-electron chi connectivity index (χ1n) is 8.13. The van der Waals surface area contributed by atoms with Crippen LogP contribution in [0.1, 0.15) is 22.8 Å². The predicted molar refractivity (Wildman–Crippen MR) is 99.7 cm³/mol. The van der Waals surface area contributed by atoms with Gasteiger partial charge in [0.2, 0.25) is 12.6 Å². The van der Waals surface area contributed by atoms with E-state index in [4.69, 9.17) is 30.5 Å². The van der Waals surface area contributed by atoms with Crippen LogP contribution < -0.4 is 18.9 Å². The molecule has 138 valence electrons. The fourth-order valence-corrected chi connectivity index (χ4v) is 2.94. The SMILES string of the molecule is CCOc1cc(C=C(C#N)C(=O)c2ccc3c(c2)OCO3)cc(Cl)c1OC. The van der Waals surface area contributed by atoms with E-state index in [1.807, 2.05) is 13.0 Å². The standard InChI is InChI=1S/C20H16ClNO5/c1-3-25-18-8-12(7-15(21)20(18)24-2)6-14(10-22)19(23)13-4-5-16-17(9-13)27-11-26-16/h4-9H,3,11H2,1-2H3. The molecule has 0 radical (unpaired) electrons. The average molecular weight is 386 g/mol. The van der Waals surface area contributed by atoms with Crippen molar-refractivity contribution in [3.8, 4) is 29.1 Å². The Morgan fingerprint density at radius 2 is 2.07 bits per heavy atom. The van der Waals surface area contributed by atoms with Gasteiger partial charge in [0.05, 0.1) is 18.7 Å². The van der Waals surface area contributed by atoms with Gasteiger partial charge in [0.1, 0.15) is 11.6 Å². The molecule has 3 rings (SSSR count). The maximum absolute atomic E-state index is 12.7. The summed E-state index contributed by atoms with van der Waals surface area (Å²) >= 11 is 6.23. The van der Waals surface area contributed by atoms with E-state index in [1.54, 1.807) is 30.3 Å². The van der Waals surface area contributed by atoms with Gasteiger partial charge in [-0.25, -0.2) is 0 Å². The molecule has 2 aromatic rings. The van der Waals surface area contributed by atoms with Crippen LogP contribution in [0.15, 0.2) is 35.9 Å². The molecular formula is C20H16ClNO5. The van der Waals surface area contributed by atoms with Crippen LogP contribution in [0.5, 0.6) is 23.0 Å². The minimum atomic E-state index is -0.430. The lowest BCUT2D eigenvalue weighted by Crippen LogP contribution is -2.02. The zero-order chi connectivity index (χ0) is 19.4. The van der Waals surface area contributed by atoms with Crippen LogP contribution in [0.3, 0.4) is 0 Å². The molecule has 0 spiro atoms. The zero-order valence-corrected chi connectivity index (χ0v) is 15.5. The van der Waals surface area contributed by atoms with Crippen LogP contribution >= 0.6 is 11.6 Å². The highest BCUT2D eigenvalue weighted by Crippen LogP contribution is 2.37. The minimum Gasteiger partial charge on any atom is -0.491 e. The Hall–Kier alpha value is -3.17. The van der Waals surface area contributed by atoms with Crippen molar-refractivity contribution in [3.63, 3.8) is 0 Å². The van der Waals surface area contributed by atoms with Gasteiger partial charge in [0, 0.05) is 5.56 Å². The maximum Gasteiger partial charge on any atom is 0.231 e. The van der Waals surface area contributed by atoms with Gasteiger partial charge in [-0.3, -0.25) is 4.79 Å². The van der Waals surface area contributed by atoms with E-state index in [-0.39, 0.29) is 12.4 Å². The van der Waals surface area contributed by atoms with Crippen molar-refractivity contribution in [1.29, 1.82) is 5.26 Å². The molecule has 1 aliphatic rings. The molecule has 0 atom stereocenters. The molecule has 0 N–H and O–H groups in total. The van der Waals surface area contributed by atoms with E-state index < -0.39 is 5.78 Å². The third-order valence-corrected chi connectivity index (χ3v) is 4.13. The molecule has 7 heteroatoms. The smallest absolute Gasteiger partial charge is 0.231 e. The molecule has 1 aliphatic heterocycles. The fraction of sp³-hybridized carbons (Fsp3) is 0.200. The molecule has 0 aliphatic carbocycles. The second-order valence-electron chi connectivity index (χ2n) is 5.53. The van der Waals surface area contributed by atoms with Crippen molar-refractivity contribution in [1.82, 2.24) is 0 Å². The number of rotatable bonds is 6. The van der Waals surface area contributed by atoms with Gasteiger partial charge in [-0.2, -0.15) is 5.26 Å². The Labute approximate surface area is 161 Å².